The summed E-state index contributed by atoms with van der Waals surface area (Å²) in [6.07, 6.45) is 4.53. The summed E-state index contributed by atoms with van der Waals surface area (Å²) in [5, 5.41) is 0. The molecule has 4 unspecified atom stereocenters. The summed E-state index contributed by atoms with van der Waals surface area (Å²) >= 11 is 5.90. The summed E-state index contributed by atoms with van der Waals surface area (Å²) in [5.74, 6) is 0.924. The van der Waals surface area contributed by atoms with Crippen molar-refractivity contribution < 1.29 is 16.0 Å². The number of fused-ring (bicyclic) bond motifs is 10. The van der Waals surface area contributed by atoms with Gasteiger partial charge in [-0.15, -0.1) is 0 Å². The number of carbonyl (C=O) groups excluding carboxylic acids is 1. The van der Waals surface area contributed by atoms with Crippen LogP contribution in [0.2, 0.25) is 47.7 Å². The summed E-state index contributed by atoms with van der Waals surface area (Å²) in [6.45, 7) is 3.29. The molecule has 0 aliphatic carbocycles. The Hall–Kier alpha value is 0.279. The number of halogens is 1. The van der Waals surface area contributed by atoms with E-state index in [1.807, 2.05) is 20.8 Å². The van der Waals surface area contributed by atoms with Crippen molar-refractivity contribution in [3.8, 4) is 0 Å². The number of hydrogen-bond donors (Lipinski definition) is 0. The number of carbonyl (C=O) groups is 1. The van der Waals surface area contributed by atoms with E-state index >= 15 is 0 Å². The number of rotatable bonds is 5. The van der Waals surface area contributed by atoms with E-state index in [-0.39, 0.29) is 5.60 Å². The molecule has 0 aromatic heterocycles. The zero-order valence-electron chi connectivity index (χ0n) is 14.1. The fourth-order valence-corrected chi connectivity index (χ4v) is 93.5. The zero-order valence-corrected chi connectivity index (χ0v) is 16.0. The Morgan fingerprint density at radius 3 is 1.74 bits per heavy atom. The van der Waals surface area contributed by atoms with Crippen molar-refractivity contribution in [1.29, 1.82) is 0 Å². The topological polar surface area (TPSA) is 26.3 Å². The maximum absolute atomic E-state index is 9.60. The Balaban J connectivity index is 0.000000122. The van der Waals surface area contributed by atoms with Gasteiger partial charge in [-0.25, -0.2) is 0 Å². The predicted octanol–water partition coefficient (Wildman–Crippen LogP) is 6.11. The molecule has 10 heterocycles. The predicted molar refractivity (Wildman–Crippen MR) is 87.9 cm³/mol. The monoisotopic (exact) mass is 378 g/mol. The first-order chi connectivity index (χ1) is 10.7. The quantitative estimate of drug-likeness (QED) is 0.249. The Bertz CT molecular complexity index is 974. The molecule has 1 spiro atoms. The molecule has 0 N–H and O–H groups in total. The van der Waals surface area contributed by atoms with E-state index in [0.29, 0.717) is 6.47 Å². The van der Waals surface area contributed by atoms with Crippen LogP contribution in [0, 0.1) is 0 Å². The molecule has 130 valence electrons. The average Bonchev–Trinajstić information content (AvgIpc) is 3.41. The molecule has 10 saturated heterocycles. The molecule has 4 heteroatoms. The normalized spacial score (nSPS) is 90.9. The van der Waals surface area contributed by atoms with Gasteiger partial charge in [-0.05, 0) is 20.8 Å². The number of hydrogen-bond acceptors (Lipinski definition) is 2. The van der Waals surface area contributed by atoms with Crippen LogP contribution in [0.5, 0.6) is 0 Å². The molecular formula is C19H27ClFeO2. The van der Waals surface area contributed by atoms with Crippen molar-refractivity contribution in [3.63, 3.8) is 0 Å². The van der Waals surface area contributed by atoms with Crippen molar-refractivity contribution in [3.05, 3.63) is 0 Å². The molecule has 10 fully saturated rings. The second-order valence-electron chi connectivity index (χ2n) is 13.3. The van der Waals surface area contributed by atoms with Gasteiger partial charge in [0.25, 0.3) is 6.47 Å². The van der Waals surface area contributed by atoms with E-state index < -0.39 is 6.51 Å². The standard InChI is InChI=1S/C9H12Cl.C5H10O2.C5H5.Fe/c10-8-4-3-7-9-5-1-2-6-9;1-5(2,3)7-4-6;1-2-4-5-3-1;/h1-2,5-6H,3-4,7-8H2;4H,1-3H3;1-5H;. The van der Waals surface area contributed by atoms with Gasteiger partial charge in [0.15, 0.2) is 0 Å². The molecule has 10 aliphatic heterocycles. The second kappa shape index (κ2) is 1.24. The van der Waals surface area contributed by atoms with Crippen LogP contribution < -0.4 is 0 Å². The van der Waals surface area contributed by atoms with Gasteiger partial charge in [0, 0.05) is 0 Å². The molecule has 10 rings (SSSR count). The third kappa shape index (κ3) is 0.184. The van der Waals surface area contributed by atoms with E-state index in [2.05, 4.69) is 4.74 Å². The maximum atomic E-state index is 9.60. The Kier molecular flexibility index (Phi) is 0.636. The third-order valence-corrected chi connectivity index (χ3v) is 59.6. The summed E-state index contributed by atoms with van der Waals surface area (Å²) in [5.41, 5.74) is -0.318. The van der Waals surface area contributed by atoms with E-state index in [9.17, 15) is 4.79 Å². The Morgan fingerprint density at radius 1 is 1.00 bits per heavy atom. The van der Waals surface area contributed by atoms with Crippen LogP contribution in [0.4, 0.5) is 0 Å². The van der Waals surface area contributed by atoms with E-state index in [0.717, 1.165) is 5.88 Å². The minimum atomic E-state index is -2.63. The SMILES string of the molecule is CC(C)(C)OC=O.ClCCCC[C]12[CH]3[CH]4[CH]5[CH]1[Fe]45321678[CH]2[CH]1[CH]6[CH]7[CH]28. The van der Waals surface area contributed by atoms with Gasteiger partial charge in [0.05, 0.1) is 0 Å². The third-order valence-electron chi connectivity index (χ3n) is 16.3. The van der Waals surface area contributed by atoms with Crippen LogP contribution in [0.15, 0.2) is 0 Å². The first kappa shape index (κ1) is 11.8. The van der Waals surface area contributed by atoms with Crippen molar-refractivity contribution in [2.45, 2.75) is 93.3 Å². The number of unbranched alkanes of at least 4 members (excludes halogenated alkanes) is 1. The summed E-state index contributed by atoms with van der Waals surface area (Å²) in [6, 6.07) is 0. The van der Waals surface area contributed by atoms with Crippen LogP contribution in [0.1, 0.15) is 40.0 Å². The molecule has 23 heavy (non-hydrogen) atoms. The van der Waals surface area contributed by atoms with Gasteiger partial charge in [-0.3, -0.25) is 4.79 Å². The molecule has 2 nitrogen and oxygen atoms in total. The van der Waals surface area contributed by atoms with Crippen LogP contribution in [0.25, 0.3) is 0 Å². The molecule has 0 aromatic rings. The summed E-state index contributed by atoms with van der Waals surface area (Å²) in [7, 11) is 0. The van der Waals surface area contributed by atoms with Crippen molar-refractivity contribution in [2.75, 3.05) is 5.88 Å². The summed E-state index contributed by atoms with van der Waals surface area (Å²) in [4.78, 5) is 23.4. The van der Waals surface area contributed by atoms with E-state index in [1.54, 1.807) is 6.42 Å². The Morgan fingerprint density at radius 2 is 1.52 bits per heavy atom. The number of alkyl halides is 1. The minimum absolute atomic E-state index is 0.318. The second-order valence-corrected chi connectivity index (χ2v) is 37.4. The molecule has 0 aromatic carbocycles. The molecule has 4 atom stereocenters. The van der Waals surface area contributed by atoms with Crippen LogP contribution in [-0.4, -0.2) is 18.0 Å². The van der Waals surface area contributed by atoms with Gasteiger partial charge in [-0.2, -0.15) is 0 Å². The fourth-order valence-electron chi connectivity index (χ4n) is 18.0. The van der Waals surface area contributed by atoms with Crippen LogP contribution in [0.3, 0.4) is 0 Å². The molecule has 10 aliphatic rings. The van der Waals surface area contributed by atoms with Gasteiger partial charge >= 0.3 is 90.9 Å². The average molecular weight is 379 g/mol. The molecule has 0 radical (unpaired) electrons. The molecule has 0 saturated carbocycles. The summed E-state index contributed by atoms with van der Waals surface area (Å²) < 4.78 is 5.73. The molecular weight excluding hydrogens is 352 g/mol. The van der Waals surface area contributed by atoms with Gasteiger partial charge in [0.1, 0.15) is 5.60 Å². The Labute approximate surface area is 133 Å². The van der Waals surface area contributed by atoms with E-state index in [1.165, 1.54) is 60.5 Å². The first-order valence-corrected chi connectivity index (χ1v) is 16.4. The van der Waals surface area contributed by atoms with Crippen LogP contribution in [-0.2, 0) is 16.0 Å². The molecule has 0 amide bonds. The van der Waals surface area contributed by atoms with Crippen molar-refractivity contribution >= 4 is 18.1 Å². The van der Waals surface area contributed by atoms with Crippen LogP contribution >= 0.6 is 11.6 Å². The van der Waals surface area contributed by atoms with Crippen molar-refractivity contribution in [1.82, 2.24) is 0 Å². The number of ether oxygens (including phenoxy) is 1. The van der Waals surface area contributed by atoms with Gasteiger partial charge in [-0.1, -0.05) is 0 Å². The first-order valence-electron chi connectivity index (χ1n) is 9.55. The van der Waals surface area contributed by atoms with Gasteiger partial charge in [0.2, 0.25) is 0 Å². The zero-order chi connectivity index (χ0) is 15.8. The fraction of sp³-hybridized carbons (Fsp3) is 0.947. The van der Waals surface area contributed by atoms with Crippen molar-refractivity contribution in [2.24, 2.45) is 0 Å². The van der Waals surface area contributed by atoms with E-state index in [4.69, 9.17) is 11.6 Å². The van der Waals surface area contributed by atoms with Gasteiger partial charge < -0.3 is 4.74 Å². The molecule has 0 bridgehead atoms.